The van der Waals surface area contributed by atoms with Gasteiger partial charge in [-0.25, -0.2) is 0 Å². The number of aliphatic hydroxyl groups excluding tert-OH is 1. The van der Waals surface area contributed by atoms with Crippen LogP contribution in [0.25, 0.3) is 0 Å². The Balaban J connectivity index is 2.30. The van der Waals surface area contributed by atoms with Crippen molar-refractivity contribution in [1.82, 2.24) is 0 Å². The van der Waals surface area contributed by atoms with Gasteiger partial charge < -0.3 is 9.59 Å². The van der Waals surface area contributed by atoms with Gasteiger partial charge in [0.05, 0.1) is 25.7 Å². The number of hydrogen-bond donors (Lipinski definition) is 1. The summed E-state index contributed by atoms with van der Waals surface area (Å²) in [6.07, 6.45) is 3.01. The average molecular weight is 395 g/mol. The van der Waals surface area contributed by atoms with E-state index in [1.165, 1.54) is 12.1 Å². The predicted octanol–water partition coefficient (Wildman–Crippen LogP) is 4.92. The second-order valence-corrected chi connectivity index (χ2v) is 8.91. The Bertz CT molecular complexity index is 516. The highest BCUT2D eigenvalue weighted by molar-refractivity contribution is 7.99. The van der Waals surface area contributed by atoms with E-state index in [0.717, 1.165) is 61.3 Å². The van der Waals surface area contributed by atoms with Crippen LogP contribution in [0, 0.1) is 5.92 Å². The number of carbonyl (C=O) groups excluding carboxylic acids is 1. The first-order chi connectivity index (χ1) is 13.0. The number of aliphatic hydroxyl groups is 1. The van der Waals surface area contributed by atoms with Crippen molar-refractivity contribution in [2.24, 2.45) is 5.92 Å². The maximum Gasteiger partial charge on any atom is 0.132 e. The van der Waals surface area contributed by atoms with Crippen LogP contribution in [-0.4, -0.2) is 52.6 Å². The van der Waals surface area contributed by atoms with Crippen LogP contribution in [0.5, 0.6) is 0 Å². The SMILES string of the molecule is CCC(CCC(O)CCSCC[N+](CC)(CC)Cc1ccccc1)C(C)=O. The normalized spacial score (nSPS) is 14.1. The summed E-state index contributed by atoms with van der Waals surface area (Å²) < 4.78 is 1.12. The molecule has 0 saturated carbocycles. The highest BCUT2D eigenvalue weighted by atomic mass is 32.2. The molecule has 0 heterocycles. The molecule has 0 aliphatic carbocycles. The molecule has 27 heavy (non-hydrogen) atoms. The van der Waals surface area contributed by atoms with Crippen LogP contribution >= 0.6 is 11.8 Å². The van der Waals surface area contributed by atoms with Gasteiger partial charge in [0, 0.05) is 17.2 Å². The first-order valence-corrected chi connectivity index (χ1v) is 11.8. The minimum absolute atomic E-state index is 0.123. The minimum Gasteiger partial charge on any atom is -0.393 e. The summed E-state index contributed by atoms with van der Waals surface area (Å²) in [4.78, 5) is 11.5. The van der Waals surface area contributed by atoms with Gasteiger partial charge >= 0.3 is 0 Å². The number of nitrogens with zero attached hydrogens (tertiary/aromatic N) is 1. The molecule has 2 unspecified atom stereocenters. The van der Waals surface area contributed by atoms with Gasteiger partial charge in [-0.15, -0.1) is 0 Å². The monoisotopic (exact) mass is 394 g/mol. The second-order valence-electron chi connectivity index (χ2n) is 7.69. The maximum absolute atomic E-state index is 11.5. The molecule has 0 aromatic heterocycles. The zero-order chi connectivity index (χ0) is 20.1. The maximum atomic E-state index is 11.5. The largest absolute Gasteiger partial charge is 0.393 e. The average Bonchev–Trinajstić information content (AvgIpc) is 2.67. The zero-order valence-electron chi connectivity index (χ0n) is 17.8. The van der Waals surface area contributed by atoms with E-state index in [1.54, 1.807) is 6.92 Å². The van der Waals surface area contributed by atoms with Crippen molar-refractivity contribution in [3.05, 3.63) is 35.9 Å². The van der Waals surface area contributed by atoms with Crippen molar-refractivity contribution in [3.8, 4) is 0 Å². The van der Waals surface area contributed by atoms with Crippen LogP contribution in [0.1, 0.15) is 58.9 Å². The van der Waals surface area contributed by atoms with Gasteiger partial charge in [-0.1, -0.05) is 37.3 Å². The summed E-state index contributed by atoms with van der Waals surface area (Å²) >= 11 is 1.95. The van der Waals surface area contributed by atoms with Crippen molar-refractivity contribution >= 4 is 17.5 Å². The molecule has 0 aliphatic rings. The fraction of sp³-hybridized carbons (Fsp3) is 0.696. The molecule has 1 aromatic rings. The second kappa shape index (κ2) is 13.4. The number of quaternary nitrogens is 1. The van der Waals surface area contributed by atoms with Crippen molar-refractivity contribution in [3.63, 3.8) is 0 Å². The number of carbonyl (C=O) groups is 1. The van der Waals surface area contributed by atoms with E-state index >= 15 is 0 Å². The topological polar surface area (TPSA) is 37.3 Å². The standard InChI is InChI=1S/C23H40NO2S/c1-5-22(20(4)25)13-14-23(26)15-17-27-18-16-24(6-2,7-3)19-21-11-9-8-10-12-21/h8-12,22-23,26H,5-7,13-19H2,1-4H3/q+1. The van der Waals surface area contributed by atoms with Gasteiger partial charge in [-0.3, -0.25) is 4.79 Å². The summed E-state index contributed by atoms with van der Waals surface area (Å²) in [6.45, 7) is 12.9. The molecule has 3 nitrogen and oxygen atoms in total. The molecule has 4 heteroatoms. The minimum atomic E-state index is -0.271. The van der Waals surface area contributed by atoms with Crippen molar-refractivity contribution in [2.45, 2.75) is 66.0 Å². The van der Waals surface area contributed by atoms with Gasteiger partial charge in [0.1, 0.15) is 12.3 Å². The molecule has 0 aliphatic heterocycles. The van der Waals surface area contributed by atoms with Gasteiger partial charge in [-0.05, 0) is 52.2 Å². The smallest absolute Gasteiger partial charge is 0.132 e. The van der Waals surface area contributed by atoms with E-state index in [0.29, 0.717) is 0 Å². The van der Waals surface area contributed by atoms with E-state index in [9.17, 15) is 9.90 Å². The van der Waals surface area contributed by atoms with Crippen molar-refractivity contribution in [2.75, 3.05) is 31.1 Å². The lowest BCUT2D eigenvalue weighted by Gasteiger charge is -2.37. The lowest BCUT2D eigenvalue weighted by Crippen LogP contribution is -2.48. The Kier molecular flexibility index (Phi) is 12.0. The lowest BCUT2D eigenvalue weighted by atomic mass is 9.94. The number of ketones is 1. The summed E-state index contributed by atoms with van der Waals surface area (Å²) in [5, 5.41) is 10.2. The van der Waals surface area contributed by atoms with Crippen molar-refractivity contribution < 1.29 is 14.4 Å². The van der Waals surface area contributed by atoms with Crippen LogP contribution < -0.4 is 0 Å². The molecule has 0 spiro atoms. The van der Waals surface area contributed by atoms with Gasteiger partial charge in [0.2, 0.25) is 0 Å². The molecule has 2 atom stereocenters. The fourth-order valence-electron chi connectivity index (χ4n) is 3.63. The van der Waals surface area contributed by atoms with Crippen LogP contribution in [0.2, 0.25) is 0 Å². The first-order valence-electron chi connectivity index (χ1n) is 10.6. The molecule has 0 fully saturated rings. The molecule has 0 amide bonds. The molecule has 154 valence electrons. The van der Waals surface area contributed by atoms with Gasteiger partial charge in [0.15, 0.2) is 0 Å². The number of benzene rings is 1. The fourth-order valence-corrected chi connectivity index (χ4v) is 4.78. The van der Waals surface area contributed by atoms with E-state index in [4.69, 9.17) is 0 Å². The molecule has 1 aromatic carbocycles. The number of rotatable bonds is 15. The molecule has 0 bridgehead atoms. The van der Waals surface area contributed by atoms with Crippen LogP contribution in [-0.2, 0) is 11.3 Å². The van der Waals surface area contributed by atoms with Crippen LogP contribution in [0.4, 0.5) is 0 Å². The molecule has 0 saturated heterocycles. The van der Waals surface area contributed by atoms with Gasteiger partial charge in [0.25, 0.3) is 0 Å². The molecule has 1 N–H and O–H groups in total. The number of hydrogen-bond acceptors (Lipinski definition) is 3. The Morgan fingerprint density at radius 1 is 1.04 bits per heavy atom. The quantitative estimate of drug-likeness (QED) is 0.339. The Morgan fingerprint density at radius 2 is 1.70 bits per heavy atom. The third-order valence-electron chi connectivity index (χ3n) is 5.92. The highest BCUT2D eigenvalue weighted by Crippen LogP contribution is 2.19. The lowest BCUT2D eigenvalue weighted by molar-refractivity contribution is -0.935. The summed E-state index contributed by atoms with van der Waals surface area (Å²) in [6, 6.07) is 10.8. The zero-order valence-corrected chi connectivity index (χ0v) is 18.6. The predicted molar refractivity (Wildman–Crippen MR) is 118 cm³/mol. The summed E-state index contributed by atoms with van der Waals surface area (Å²) in [5.74, 6) is 2.51. The summed E-state index contributed by atoms with van der Waals surface area (Å²) in [5.41, 5.74) is 1.41. The van der Waals surface area contributed by atoms with E-state index < -0.39 is 0 Å². The first kappa shape index (κ1) is 24.2. The third kappa shape index (κ3) is 9.27. The number of Topliss-reactive ketones (excluding diaryl/α,β-unsaturated/α-hetero) is 1. The van der Waals surface area contributed by atoms with Gasteiger partial charge in [-0.2, -0.15) is 11.8 Å². The highest BCUT2D eigenvalue weighted by Gasteiger charge is 2.23. The Morgan fingerprint density at radius 3 is 2.26 bits per heavy atom. The summed E-state index contributed by atoms with van der Waals surface area (Å²) in [7, 11) is 0. The van der Waals surface area contributed by atoms with Crippen molar-refractivity contribution in [1.29, 1.82) is 0 Å². The van der Waals surface area contributed by atoms with E-state index in [-0.39, 0.29) is 17.8 Å². The Hall–Kier alpha value is -0.840. The van der Waals surface area contributed by atoms with E-state index in [1.807, 2.05) is 11.8 Å². The number of thioether (sulfide) groups is 1. The molecule has 0 radical (unpaired) electrons. The molecular weight excluding hydrogens is 354 g/mol. The molecule has 1 rings (SSSR count). The molecular formula is C23H40NO2S+. The Labute approximate surface area is 171 Å². The van der Waals surface area contributed by atoms with Crippen LogP contribution in [0.3, 0.4) is 0 Å². The van der Waals surface area contributed by atoms with E-state index in [2.05, 4.69) is 51.1 Å². The third-order valence-corrected chi connectivity index (χ3v) is 6.92. The van der Waals surface area contributed by atoms with Crippen LogP contribution in [0.15, 0.2) is 30.3 Å².